The van der Waals surface area contributed by atoms with Crippen molar-refractivity contribution < 1.29 is 9.59 Å². The van der Waals surface area contributed by atoms with Gasteiger partial charge in [0.15, 0.2) is 0 Å². The molecule has 0 saturated heterocycles. The molecule has 1 atom stereocenters. The second kappa shape index (κ2) is 12.2. The van der Waals surface area contributed by atoms with E-state index in [2.05, 4.69) is 5.32 Å². The lowest BCUT2D eigenvalue weighted by Gasteiger charge is -2.30. The van der Waals surface area contributed by atoms with Gasteiger partial charge in [0.05, 0.1) is 15.8 Å². The third kappa shape index (κ3) is 7.76. The van der Waals surface area contributed by atoms with Gasteiger partial charge < -0.3 is 10.2 Å². The van der Waals surface area contributed by atoms with E-state index in [1.807, 2.05) is 19.9 Å². The average molecular weight is 522 g/mol. The zero-order valence-corrected chi connectivity index (χ0v) is 21.3. The van der Waals surface area contributed by atoms with Gasteiger partial charge in [-0.15, -0.1) is 11.8 Å². The monoisotopic (exact) mass is 520 g/mol. The molecule has 2 amide bonds. The lowest BCUT2D eigenvalue weighted by molar-refractivity contribution is -0.138. The van der Waals surface area contributed by atoms with Gasteiger partial charge in [-0.1, -0.05) is 58.5 Å². The topological polar surface area (TPSA) is 49.4 Å². The largest absolute Gasteiger partial charge is 0.352 e. The molecule has 2 aromatic rings. The molecule has 0 aliphatic rings. The molecule has 0 fully saturated rings. The molecule has 0 aliphatic carbocycles. The Morgan fingerprint density at radius 2 is 1.61 bits per heavy atom. The number of hydrogen-bond acceptors (Lipinski definition) is 3. The van der Waals surface area contributed by atoms with Gasteiger partial charge >= 0.3 is 0 Å². The Morgan fingerprint density at radius 3 is 2.19 bits per heavy atom. The lowest BCUT2D eigenvalue weighted by atomic mass is 10.1. The molecule has 2 rings (SSSR count). The lowest BCUT2D eigenvalue weighted by Crippen LogP contribution is -2.49. The highest BCUT2D eigenvalue weighted by Gasteiger charge is 2.27. The minimum atomic E-state index is -0.687. The summed E-state index contributed by atoms with van der Waals surface area (Å²) >= 11 is 26.1. The predicted octanol–water partition coefficient (Wildman–Crippen LogP) is 6.48. The molecule has 0 radical (unpaired) electrons. The molecule has 0 saturated carbocycles. The highest BCUT2D eigenvalue weighted by Crippen LogP contribution is 2.28. The van der Waals surface area contributed by atoms with Crippen LogP contribution in [0.25, 0.3) is 0 Å². The van der Waals surface area contributed by atoms with Crippen molar-refractivity contribution in [2.75, 3.05) is 5.75 Å². The number of hydrogen-bond donors (Lipinski definition) is 1. The first-order valence-corrected chi connectivity index (χ1v) is 12.3. The number of nitrogens with one attached hydrogen (secondary N) is 1. The first-order valence-electron chi connectivity index (χ1n) is 9.64. The van der Waals surface area contributed by atoms with Crippen molar-refractivity contribution in [3.05, 3.63) is 67.6 Å². The quantitative estimate of drug-likeness (QED) is 0.411. The van der Waals surface area contributed by atoms with E-state index in [4.69, 9.17) is 46.4 Å². The summed E-state index contributed by atoms with van der Waals surface area (Å²) in [5.74, 6) is 0.339. The van der Waals surface area contributed by atoms with Crippen molar-refractivity contribution in [2.45, 2.75) is 45.2 Å². The molecule has 9 heteroatoms. The number of rotatable bonds is 9. The molecule has 1 N–H and O–H groups in total. The van der Waals surface area contributed by atoms with Crippen molar-refractivity contribution in [1.29, 1.82) is 0 Å². The van der Waals surface area contributed by atoms with E-state index in [1.54, 1.807) is 37.3 Å². The van der Waals surface area contributed by atoms with Gasteiger partial charge in [-0.3, -0.25) is 9.59 Å². The smallest absolute Gasteiger partial charge is 0.242 e. The summed E-state index contributed by atoms with van der Waals surface area (Å²) in [6.07, 6.45) is 0. The first kappa shape index (κ1) is 26.1. The minimum Gasteiger partial charge on any atom is -0.352 e. The van der Waals surface area contributed by atoms with E-state index in [9.17, 15) is 9.59 Å². The Morgan fingerprint density at radius 1 is 0.968 bits per heavy atom. The summed E-state index contributed by atoms with van der Waals surface area (Å²) in [7, 11) is 0. The zero-order chi connectivity index (χ0) is 23.1. The Kier molecular flexibility index (Phi) is 10.3. The van der Waals surface area contributed by atoms with Gasteiger partial charge in [0.1, 0.15) is 6.04 Å². The van der Waals surface area contributed by atoms with Crippen LogP contribution in [0.1, 0.15) is 31.9 Å². The number of amides is 2. The average Bonchev–Trinajstić information content (AvgIpc) is 2.69. The molecule has 0 aromatic heterocycles. The maximum absolute atomic E-state index is 13.1. The van der Waals surface area contributed by atoms with Crippen LogP contribution >= 0.6 is 58.2 Å². The fourth-order valence-electron chi connectivity index (χ4n) is 2.81. The predicted molar refractivity (Wildman–Crippen MR) is 132 cm³/mol. The summed E-state index contributed by atoms with van der Waals surface area (Å²) in [5, 5.41) is 4.71. The molecule has 4 nitrogen and oxygen atoms in total. The van der Waals surface area contributed by atoms with Gasteiger partial charge in [-0.2, -0.15) is 0 Å². The summed E-state index contributed by atoms with van der Waals surface area (Å²) in [6, 6.07) is 9.81. The number of halogens is 4. The molecular weight excluding hydrogens is 498 g/mol. The highest BCUT2D eigenvalue weighted by molar-refractivity contribution is 7.99. The van der Waals surface area contributed by atoms with E-state index >= 15 is 0 Å². The van der Waals surface area contributed by atoms with Crippen LogP contribution in [0.5, 0.6) is 0 Å². The Balaban J connectivity index is 2.14. The van der Waals surface area contributed by atoms with Crippen molar-refractivity contribution >= 4 is 70.0 Å². The zero-order valence-electron chi connectivity index (χ0n) is 17.4. The molecule has 0 aliphatic heterocycles. The second-order valence-corrected chi connectivity index (χ2v) is 9.92. The van der Waals surface area contributed by atoms with Crippen LogP contribution in [0.2, 0.25) is 20.1 Å². The fourth-order valence-corrected chi connectivity index (χ4v) is 4.51. The van der Waals surface area contributed by atoms with E-state index in [-0.39, 0.29) is 30.2 Å². The van der Waals surface area contributed by atoms with Gasteiger partial charge in [-0.05, 0) is 50.6 Å². The van der Waals surface area contributed by atoms with Crippen LogP contribution in [-0.4, -0.2) is 34.6 Å². The van der Waals surface area contributed by atoms with Crippen LogP contribution in [0.15, 0.2) is 36.4 Å². The van der Waals surface area contributed by atoms with E-state index in [0.717, 1.165) is 5.56 Å². The molecule has 2 aromatic carbocycles. The van der Waals surface area contributed by atoms with E-state index in [0.29, 0.717) is 31.4 Å². The Labute approximate surface area is 207 Å². The standard InChI is InChI=1S/C22H24Cl4N2O2S/c1-13(2)27-22(30)14(3)28(10-16-17(23)5-4-6-18(16)24)21(29)12-31-11-15-7-8-19(25)20(26)9-15/h4-9,13-14H,10-12H2,1-3H3,(H,27,30)/t14-/m1/s1. The molecular formula is C22H24Cl4N2O2S. The van der Waals surface area contributed by atoms with Crippen LogP contribution < -0.4 is 5.32 Å². The highest BCUT2D eigenvalue weighted by atomic mass is 35.5. The summed E-state index contributed by atoms with van der Waals surface area (Å²) < 4.78 is 0. The summed E-state index contributed by atoms with van der Waals surface area (Å²) in [4.78, 5) is 27.2. The van der Waals surface area contributed by atoms with Gasteiger partial charge in [0.2, 0.25) is 11.8 Å². The molecule has 0 heterocycles. The maximum Gasteiger partial charge on any atom is 0.242 e. The number of benzene rings is 2. The fraction of sp³-hybridized carbons (Fsp3) is 0.364. The molecule has 168 valence electrons. The van der Waals surface area contributed by atoms with Crippen LogP contribution in [-0.2, 0) is 21.9 Å². The van der Waals surface area contributed by atoms with Gasteiger partial charge in [0.25, 0.3) is 0 Å². The normalized spacial score (nSPS) is 12.0. The minimum absolute atomic E-state index is 0.0418. The van der Waals surface area contributed by atoms with Crippen molar-refractivity contribution in [3.8, 4) is 0 Å². The summed E-state index contributed by atoms with van der Waals surface area (Å²) in [5.41, 5.74) is 1.57. The third-order valence-corrected chi connectivity index (χ3v) is 6.90. The SMILES string of the molecule is CC(C)NC(=O)[C@@H](C)N(Cc1c(Cl)cccc1Cl)C(=O)CSCc1ccc(Cl)c(Cl)c1. The van der Waals surface area contributed by atoms with Gasteiger partial charge in [0, 0.05) is 33.9 Å². The number of carbonyl (C=O) groups excluding carboxylic acids is 2. The molecule has 0 bridgehead atoms. The van der Waals surface area contributed by atoms with Crippen LogP contribution in [0.3, 0.4) is 0 Å². The summed E-state index contributed by atoms with van der Waals surface area (Å²) in [6.45, 7) is 5.57. The molecule has 0 spiro atoms. The molecule has 0 unspecified atom stereocenters. The third-order valence-electron chi connectivity index (χ3n) is 4.47. The molecule has 31 heavy (non-hydrogen) atoms. The number of nitrogens with zero attached hydrogens (tertiary/aromatic N) is 1. The number of thioether (sulfide) groups is 1. The second-order valence-electron chi connectivity index (χ2n) is 7.30. The maximum atomic E-state index is 13.1. The number of carbonyl (C=O) groups is 2. The van der Waals surface area contributed by atoms with Gasteiger partial charge in [-0.25, -0.2) is 0 Å². The Bertz CT molecular complexity index is 919. The van der Waals surface area contributed by atoms with Crippen molar-refractivity contribution in [1.82, 2.24) is 10.2 Å². The van der Waals surface area contributed by atoms with E-state index < -0.39 is 6.04 Å². The van der Waals surface area contributed by atoms with Crippen molar-refractivity contribution in [2.24, 2.45) is 0 Å². The Hall–Kier alpha value is -1.11. The van der Waals surface area contributed by atoms with Crippen LogP contribution in [0, 0.1) is 0 Å². The first-order chi connectivity index (χ1) is 14.6. The van der Waals surface area contributed by atoms with E-state index in [1.165, 1.54) is 16.7 Å². The van der Waals surface area contributed by atoms with Crippen molar-refractivity contribution in [3.63, 3.8) is 0 Å². The van der Waals surface area contributed by atoms with Crippen LogP contribution in [0.4, 0.5) is 0 Å².